The van der Waals surface area contributed by atoms with Gasteiger partial charge in [-0.1, -0.05) is 42.5 Å². The maximum Gasteiger partial charge on any atom is 0.339 e. The van der Waals surface area contributed by atoms with E-state index in [1.54, 1.807) is 18.2 Å². The lowest BCUT2D eigenvalue weighted by atomic mass is 9.93. The fourth-order valence-electron chi connectivity index (χ4n) is 4.79. The van der Waals surface area contributed by atoms with E-state index >= 15 is 0 Å². The zero-order valence-electron chi connectivity index (χ0n) is 19.1. The number of ether oxygens (including phenoxy) is 1. The topological polar surface area (TPSA) is 84.4 Å². The molecule has 1 amide bonds. The lowest BCUT2D eigenvalue weighted by Crippen LogP contribution is -2.24. The molecule has 1 unspecified atom stereocenters. The Labute approximate surface area is 202 Å². The van der Waals surface area contributed by atoms with Gasteiger partial charge in [0.1, 0.15) is 6.10 Å². The Hall–Kier alpha value is -4.26. The number of cyclic esters (lactones) is 1. The monoisotopic (exact) mass is 464 g/mol. The fourth-order valence-corrected chi connectivity index (χ4v) is 4.79. The molecule has 3 heterocycles. The van der Waals surface area contributed by atoms with Crippen molar-refractivity contribution >= 4 is 34.5 Å². The number of para-hydroxylation sites is 2. The van der Waals surface area contributed by atoms with Crippen molar-refractivity contribution in [2.75, 3.05) is 23.3 Å². The molecule has 0 saturated carbocycles. The summed E-state index contributed by atoms with van der Waals surface area (Å²) in [4.78, 5) is 37.6. The number of fused-ring (bicyclic) bond motifs is 2. The molecule has 0 bridgehead atoms. The molecular weight excluding hydrogens is 440 g/mol. The molecule has 0 spiro atoms. The van der Waals surface area contributed by atoms with E-state index in [1.165, 1.54) is 0 Å². The third-order valence-electron chi connectivity index (χ3n) is 6.60. The number of rotatable bonds is 4. The summed E-state index contributed by atoms with van der Waals surface area (Å²) in [7, 11) is 0. The normalized spacial score (nSPS) is 17.2. The molecule has 2 aliphatic rings. The first-order valence-corrected chi connectivity index (χ1v) is 11.9. The smallest absolute Gasteiger partial charge is 0.339 e. The molecule has 1 atom stereocenters. The second-order valence-corrected chi connectivity index (χ2v) is 8.91. The summed E-state index contributed by atoms with van der Waals surface area (Å²) < 4.78 is 5.65. The fraction of sp³-hybridized carbons (Fsp3) is 0.214. The maximum absolute atomic E-state index is 13.3. The predicted molar refractivity (Wildman–Crippen MR) is 134 cm³/mol. The zero-order chi connectivity index (χ0) is 23.8. The number of nitrogens with zero attached hydrogens (tertiary/aromatic N) is 3. The standard InChI is InChI=1S/C28H24N4O3/c33-27(31-25-26(32-14-6-7-15-32)30-23-11-5-4-10-22(23)29-25)19-12-13-21-20(16-19)17-24(35-28(21)34)18-8-2-1-3-9-18/h1-5,8-13,16,24H,6-7,14-15,17H2,(H,29,31,33). The van der Waals surface area contributed by atoms with Crippen LogP contribution in [0.15, 0.2) is 72.8 Å². The molecule has 174 valence electrons. The molecule has 1 aromatic heterocycles. The van der Waals surface area contributed by atoms with Gasteiger partial charge in [0.05, 0.1) is 16.6 Å². The summed E-state index contributed by atoms with van der Waals surface area (Å²) in [5.41, 5.74) is 4.22. The van der Waals surface area contributed by atoms with Gasteiger partial charge in [0, 0.05) is 25.1 Å². The van der Waals surface area contributed by atoms with Crippen LogP contribution in [0.3, 0.4) is 0 Å². The summed E-state index contributed by atoms with van der Waals surface area (Å²) in [6.45, 7) is 1.77. The first kappa shape index (κ1) is 21.3. The Balaban J connectivity index is 1.31. The maximum atomic E-state index is 13.3. The Kier molecular flexibility index (Phi) is 5.37. The molecule has 2 aliphatic heterocycles. The quantitative estimate of drug-likeness (QED) is 0.431. The van der Waals surface area contributed by atoms with Crippen LogP contribution in [-0.4, -0.2) is 34.9 Å². The van der Waals surface area contributed by atoms with Gasteiger partial charge in [-0.15, -0.1) is 0 Å². The average molecular weight is 465 g/mol. The van der Waals surface area contributed by atoms with Gasteiger partial charge in [0.2, 0.25) is 0 Å². The van der Waals surface area contributed by atoms with E-state index in [4.69, 9.17) is 14.7 Å². The highest BCUT2D eigenvalue weighted by molar-refractivity contribution is 6.06. The number of amides is 1. The van der Waals surface area contributed by atoms with Crippen LogP contribution in [0.4, 0.5) is 11.6 Å². The average Bonchev–Trinajstić information content (AvgIpc) is 3.43. The second-order valence-electron chi connectivity index (χ2n) is 8.91. The zero-order valence-corrected chi connectivity index (χ0v) is 19.1. The summed E-state index contributed by atoms with van der Waals surface area (Å²) >= 11 is 0. The Bertz CT molecular complexity index is 1430. The molecule has 1 N–H and O–H groups in total. The third-order valence-corrected chi connectivity index (χ3v) is 6.60. The van der Waals surface area contributed by atoms with E-state index in [1.807, 2.05) is 54.6 Å². The SMILES string of the molecule is O=C(Nc1nc2ccccc2nc1N1CCCC1)c1ccc2c(c1)CC(c1ccccc1)OC2=O. The third kappa shape index (κ3) is 4.10. The molecule has 0 aliphatic carbocycles. The molecule has 3 aromatic carbocycles. The van der Waals surface area contributed by atoms with Gasteiger partial charge in [0.15, 0.2) is 11.6 Å². The van der Waals surface area contributed by atoms with Gasteiger partial charge in [-0.2, -0.15) is 0 Å². The molecule has 6 rings (SSSR count). The number of esters is 1. The van der Waals surface area contributed by atoms with Gasteiger partial charge in [-0.05, 0) is 54.3 Å². The van der Waals surface area contributed by atoms with E-state index in [2.05, 4.69) is 10.2 Å². The lowest BCUT2D eigenvalue weighted by molar-refractivity contribution is 0.0252. The van der Waals surface area contributed by atoms with Crippen LogP contribution in [0.2, 0.25) is 0 Å². The second kappa shape index (κ2) is 8.83. The van der Waals surface area contributed by atoms with Crippen molar-refractivity contribution in [1.82, 2.24) is 9.97 Å². The number of carbonyl (C=O) groups excluding carboxylic acids is 2. The van der Waals surface area contributed by atoms with E-state index in [0.29, 0.717) is 29.2 Å². The van der Waals surface area contributed by atoms with Gasteiger partial charge in [0.25, 0.3) is 5.91 Å². The molecule has 35 heavy (non-hydrogen) atoms. The van der Waals surface area contributed by atoms with Crippen LogP contribution in [0, 0.1) is 0 Å². The van der Waals surface area contributed by atoms with Crippen molar-refractivity contribution in [3.8, 4) is 0 Å². The van der Waals surface area contributed by atoms with Crippen molar-refractivity contribution < 1.29 is 14.3 Å². The van der Waals surface area contributed by atoms with E-state index < -0.39 is 0 Å². The Morgan fingerprint density at radius 2 is 1.63 bits per heavy atom. The summed E-state index contributed by atoms with van der Waals surface area (Å²) in [5, 5.41) is 2.99. The van der Waals surface area contributed by atoms with Gasteiger partial charge in [-0.25, -0.2) is 14.8 Å². The number of hydrogen-bond acceptors (Lipinski definition) is 6. The number of nitrogens with one attached hydrogen (secondary N) is 1. The Morgan fingerprint density at radius 1 is 0.914 bits per heavy atom. The van der Waals surface area contributed by atoms with Crippen LogP contribution < -0.4 is 10.2 Å². The van der Waals surface area contributed by atoms with Crippen molar-refractivity contribution in [2.24, 2.45) is 0 Å². The van der Waals surface area contributed by atoms with Gasteiger partial charge in [-0.3, -0.25) is 4.79 Å². The number of carbonyl (C=O) groups is 2. The molecule has 7 nitrogen and oxygen atoms in total. The van der Waals surface area contributed by atoms with Crippen LogP contribution in [-0.2, 0) is 11.2 Å². The summed E-state index contributed by atoms with van der Waals surface area (Å²) in [6.07, 6.45) is 2.32. The highest BCUT2D eigenvalue weighted by Crippen LogP contribution is 2.32. The minimum Gasteiger partial charge on any atom is -0.454 e. The van der Waals surface area contributed by atoms with Crippen LogP contribution in [0.5, 0.6) is 0 Å². The Morgan fingerprint density at radius 3 is 2.40 bits per heavy atom. The number of benzene rings is 3. The van der Waals surface area contributed by atoms with E-state index in [0.717, 1.165) is 48.1 Å². The molecule has 1 saturated heterocycles. The molecule has 4 aromatic rings. The number of aromatic nitrogens is 2. The largest absolute Gasteiger partial charge is 0.454 e. The molecule has 1 fully saturated rings. The van der Waals surface area contributed by atoms with Crippen LogP contribution in [0.25, 0.3) is 11.0 Å². The minimum atomic E-state index is -0.373. The van der Waals surface area contributed by atoms with E-state index in [9.17, 15) is 9.59 Å². The molecule has 0 radical (unpaired) electrons. The predicted octanol–water partition coefficient (Wildman–Crippen LogP) is 4.94. The van der Waals surface area contributed by atoms with E-state index in [-0.39, 0.29) is 18.0 Å². The highest BCUT2D eigenvalue weighted by atomic mass is 16.5. The lowest BCUT2D eigenvalue weighted by Gasteiger charge is -2.25. The number of hydrogen-bond donors (Lipinski definition) is 1. The van der Waals surface area contributed by atoms with Crippen molar-refractivity contribution in [1.29, 1.82) is 0 Å². The summed E-state index contributed by atoms with van der Waals surface area (Å²) in [6, 6.07) is 22.4. The summed E-state index contributed by atoms with van der Waals surface area (Å²) in [5.74, 6) is 0.493. The van der Waals surface area contributed by atoms with Crippen LogP contribution >= 0.6 is 0 Å². The first-order valence-electron chi connectivity index (χ1n) is 11.9. The first-order chi connectivity index (χ1) is 17.2. The molecule has 7 heteroatoms. The van der Waals surface area contributed by atoms with Crippen molar-refractivity contribution in [3.05, 3.63) is 95.1 Å². The van der Waals surface area contributed by atoms with Crippen molar-refractivity contribution in [2.45, 2.75) is 25.4 Å². The number of anilines is 2. The highest BCUT2D eigenvalue weighted by Gasteiger charge is 2.28. The van der Waals surface area contributed by atoms with Gasteiger partial charge >= 0.3 is 5.97 Å². The van der Waals surface area contributed by atoms with Crippen molar-refractivity contribution in [3.63, 3.8) is 0 Å². The molecular formula is C28H24N4O3. The van der Waals surface area contributed by atoms with Crippen LogP contribution in [0.1, 0.15) is 50.8 Å². The minimum absolute atomic E-state index is 0.284. The van der Waals surface area contributed by atoms with Gasteiger partial charge < -0.3 is 15.0 Å².